The quantitative estimate of drug-likeness (QED) is 0.717. The van der Waals surface area contributed by atoms with Crippen LogP contribution in [-0.4, -0.2) is 27.6 Å². The summed E-state index contributed by atoms with van der Waals surface area (Å²) in [5, 5.41) is 4.01. The van der Waals surface area contributed by atoms with Crippen LogP contribution in [0.25, 0.3) is 11.5 Å². The highest BCUT2D eigenvalue weighted by Crippen LogP contribution is 2.32. The van der Waals surface area contributed by atoms with Gasteiger partial charge < -0.3 is 9.42 Å². The molecule has 0 aliphatic carbocycles. The summed E-state index contributed by atoms with van der Waals surface area (Å²) in [5.41, 5.74) is 2.83. The van der Waals surface area contributed by atoms with E-state index >= 15 is 0 Å². The molecule has 26 heavy (non-hydrogen) atoms. The van der Waals surface area contributed by atoms with Crippen LogP contribution < -0.4 is 4.90 Å². The normalized spacial score (nSPS) is 17.3. The van der Waals surface area contributed by atoms with Crippen LogP contribution in [0.3, 0.4) is 0 Å². The van der Waals surface area contributed by atoms with Gasteiger partial charge in [0, 0.05) is 24.8 Å². The lowest BCUT2D eigenvalue weighted by molar-refractivity contribution is -0.117. The Labute approximate surface area is 151 Å². The Balaban J connectivity index is 1.52. The average molecular weight is 348 g/mol. The molecule has 0 radical (unpaired) electrons. The molecule has 6 heteroatoms. The monoisotopic (exact) mass is 348 g/mol. The van der Waals surface area contributed by atoms with Gasteiger partial charge in [-0.1, -0.05) is 37.2 Å². The van der Waals surface area contributed by atoms with Gasteiger partial charge in [0.2, 0.25) is 17.6 Å². The molecule has 2 aromatic heterocycles. The minimum atomic E-state index is -0.0998. The first-order valence-corrected chi connectivity index (χ1v) is 8.77. The SMILES string of the molecule is CC(C)c1ccc(N2C[C@H](c3nc(-c4ccccn4)no3)CC2=O)cc1. The van der Waals surface area contributed by atoms with Crippen molar-refractivity contribution in [2.75, 3.05) is 11.4 Å². The first-order chi connectivity index (χ1) is 12.6. The first kappa shape index (κ1) is 16.4. The van der Waals surface area contributed by atoms with Gasteiger partial charge in [0.15, 0.2) is 0 Å². The van der Waals surface area contributed by atoms with Gasteiger partial charge in [0.05, 0.1) is 5.92 Å². The molecule has 1 amide bonds. The highest BCUT2D eigenvalue weighted by molar-refractivity contribution is 5.96. The molecule has 0 spiro atoms. The van der Waals surface area contributed by atoms with Crippen LogP contribution in [0.5, 0.6) is 0 Å². The molecule has 1 aliphatic rings. The van der Waals surface area contributed by atoms with Gasteiger partial charge in [-0.25, -0.2) is 0 Å². The van der Waals surface area contributed by atoms with Crippen molar-refractivity contribution < 1.29 is 9.32 Å². The summed E-state index contributed by atoms with van der Waals surface area (Å²) in [4.78, 5) is 22.9. The molecule has 132 valence electrons. The van der Waals surface area contributed by atoms with E-state index in [2.05, 4.69) is 41.1 Å². The summed E-state index contributed by atoms with van der Waals surface area (Å²) in [6.45, 7) is 4.85. The van der Waals surface area contributed by atoms with Crippen LogP contribution in [0.4, 0.5) is 5.69 Å². The van der Waals surface area contributed by atoms with E-state index in [1.165, 1.54) is 5.56 Å². The van der Waals surface area contributed by atoms with Crippen molar-refractivity contribution in [3.63, 3.8) is 0 Å². The number of carbonyl (C=O) groups excluding carboxylic acids is 1. The summed E-state index contributed by atoms with van der Waals surface area (Å²) in [6, 6.07) is 13.7. The second-order valence-electron chi connectivity index (χ2n) is 6.82. The zero-order valence-corrected chi connectivity index (χ0v) is 14.8. The smallest absolute Gasteiger partial charge is 0.232 e. The third-order valence-corrected chi connectivity index (χ3v) is 4.68. The number of amides is 1. The number of hydrogen-bond donors (Lipinski definition) is 0. The fourth-order valence-corrected chi connectivity index (χ4v) is 3.16. The Kier molecular flexibility index (Phi) is 4.24. The first-order valence-electron chi connectivity index (χ1n) is 8.77. The Bertz CT molecular complexity index is 903. The minimum absolute atomic E-state index is 0.0740. The molecule has 3 aromatic rings. The number of anilines is 1. The summed E-state index contributed by atoms with van der Waals surface area (Å²) in [5.74, 6) is 1.38. The fourth-order valence-electron chi connectivity index (χ4n) is 3.16. The van der Waals surface area contributed by atoms with Crippen LogP contribution in [0.1, 0.15) is 43.6 Å². The third kappa shape index (κ3) is 3.10. The van der Waals surface area contributed by atoms with E-state index in [1.807, 2.05) is 30.3 Å². The second kappa shape index (κ2) is 6.71. The zero-order chi connectivity index (χ0) is 18.1. The molecule has 4 rings (SSSR count). The average Bonchev–Trinajstić information content (AvgIpc) is 3.29. The number of benzene rings is 1. The lowest BCUT2D eigenvalue weighted by atomic mass is 10.0. The lowest BCUT2D eigenvalue weighted by Crippen LogP contribution is -2.24. The van der Waals surface area contributed by atoms with E-state index in [4.69, 9.17) is 4.52 Å². The molecular weight excluding hydrogens is 328 g/mol. The molecule has 0 bridgehead atoms. The van der Waals surface area contributed by atoms with Crippen LogP contribution in [-0.2, 0) is 4.79 Å². The van der Waals surface area contributed by atoms with Gasteiger partial charge in [-0.05, 0) is 35.7 Å². The highest BCUT2D eigenvalue weighted by atomic mass is 16.5. The van der Waals surface area contributed by atoms with Crippen molar-refractivity contribution in [1.82, 2.24) is 15.1 Å². The lowest BCUT2D eigenvalue weighted by Gasteiger charge is -2.17. The Morgan fingerprint density at radius 3 is 2.65 bits per heavy atom. The third-order valence-electron chi connectivity index (χ3n) is 4.68. The molecule has 0 unspecified atom stereocenters. The van der Waals surface area contributed by atoms with E-state index < -0.39 is 0 Å². The predicted octanol–water partition coefficient (Wildman–Crippen LogP) is 3.78. The molecule has 6 nitrogen and oxygen atoms in total. The van der Waals surface area contributed by atoms with E-state index in [1.54, 1.807) is 11.1 Å². The maximum absolute atomic E-state index is 12.5. The van der Waals surface area contributed by atoms with Gasteiger partial charge in [-0.3, -0.25) is 9.78 Å². The van der Waals surface area contributed by atoms with Gasteiger partial charge in [-0.15, -0.1) is 0 Å². The van der Waals surface area contributed by atoms with Crippen molar-refractivity contribution >= 4 is 11.6 Å². The number of aromatic nitrogens is 3. The fraction of sp³-hybridized carbons (Fsp3) is 0.300. The van der Waals surface area contributed by atoms with E-state index in [-0.39, 0.29) is 11.8 Å². The Hall–Kier alpha value is -3.02. The molecule has 1 aromatic carbocycles. The maximum atomic E-state index is 12.5. The van der Waals surface area contributed by atoms with E-state index in [0.717, 1.165) is 5.69 Å². The van der Waals surface area contributed by atoms with Crippen molar-refractivity contribution in [3.8, 4) is 11.5 Å². The largest absolute Gasteiger partial charge is 0.339 e. The Morgan fingerprint density at radius 1 is 1.15 bits per heavy atom. The van der Waals surface area contributed by atoms with Crippen LogP contribution in [0, 0.1) is 0 Å². The molecule has 1 atom stereocenters. The molecule has 1 aliphatic heterocycles. The van der Waals surface area contributed by atoms with Crippen LogP contribution in [0.15, 0.2) is 53.2 Å². The molecule has 1 saturated heterocycles. The maximum Gasteiger partial charge on any atom is 0.232 e. The summed E-state index contributed by atoms with van der Waals surface area (Å²) in [6.07, 6.45) is 2.06. The standard InChI is InChI=1S/C20H20N4O2/c1-13(2)14-6-8-16(9-7-14)24-12-15(11-18(24)25)20-22-19(23-26-20)17-5-3-4-10-21-17/h3-10,13,15H,11-12H2,1-2H3/t15-/m1/s1. The van der Waals surface area contributed by atoms with Crippen LogP contribution >= 0.6 is 0 Å². The predicted molar refractivity (Wildman–Crippen MR) is 97.8 cm³/mol. The minimum Gasteiger partial charge on any atom is -0.339 e. The number of hydrogen-bond acceptors (Lipinski definition) is 5. The van der Waals surface area contributed by atoms with Crippen molar-refractivity contribution in [3.05, 3.63) is 60.1 Å². The van der Waals surface area contributed by atoms with Gasteiger partial charge >= 0.3 is 0 Å². The highest BCUT2D eigenvalue weighted by Gasteiger charge is 2.35. The van der Waals surface area contributed by atoms with Crippen LogP contribution in [0.2, 0.25) is 0 Å². The molecular formula is C20H20N4O2. The second-order valence-corrected chi connectivity index (χ2v) is 6.82. The van der Waals surface area contributed by atoms with Crippen molar-refractivity contribution in [2.45, 2.75) is 32.1 Å². The van der Waals surface area contributed by atoms with E-state index in [0.29, 0.717) is 36.3 Å². The Morgan fingerprint density at radius 2 is 1.96 bits per heavy atom. The summed E-state index contributed by atoms with van der Waals surface area (Å²) < 4.78 is 5.41. The summed E-state index contributed by atoms with van der Waals surface area (Å²) >= 11 is 0. The van der Waals surface area contributed by atoms with Gasteiger partial charge in [-0.2, -0.15) is 4.98 Å². The number of carbonyl (C=O) groups is 1. The topological polar surface area (TPSA) is 72.1 Å². The molecule has 3 heterocycles. The summed E-state index contributed by atoms with van der Waals surface area (Å²) in [7, 11) is 0. The molecule has 0 saturated carbocycles. The molecule has 0 N–H and O–H groups in total. The van der Waals surface area contributed by atoms with Crippen molar-refractivity contribution in [2.24, 2.45) is 0 Å². The van der Waals surface area contributed by atoms with Gasteiger partial charge in [0.25, 0.3) is 0 Å². The van der Waals surface area contributed by atoms with E-state index in [9.17, 15) is 4.79 Å². The van der Waals surface area contributed by atoms with Crippen molar-refractivity contribution in [1.29, 1.82) is 0 Å². The number of rotatable bonds is 4. The number of pyridine rings is 1. The molecule has 1 fully saturated rings. The number of nitrogens with zero attached hydrogens (tertiary/aromatic N) is 4. The van der Waals surface area contributed by atoms with Gasteiger partial charge in [0.1, 0.15) is 5.69 Å². The zero-order valence-electron chi connectivity index (χ0n) is 14.8.